The lowest BCUT2D eigenvalue weighted by atomic mass is 10.1. The minimum atomic E-state index is -4.39. The van der Waals surface area contributed by atoms with Crippen molar-refractivity contribution >= 4 is 5.91 Å². The number of methoxy groups -OCH3 is 2. The van der Waals surface area contributed by atoms with Crippen LogP contribution < -0.4 is 14.8 Å². The summed E-state index contributed by atoms with van der Waals surface area (Å²) in [5.41, 5.74) is 0.165. The van der Waals surface area contributed by atoms with Crippen LogP contribution in [0, 0.1) is 0 Å². The van der Waals surface area contributed by atoms with E-state index in [2.05, 4.69) is 5.32 Å². The molecule has 0 aliphatic rings. The average molecular weight is 353 g/mol. The third-order valence-electron chi connectivity index (χ3n) is 3.70. The smallest absolute Gasteiger partial charge is 0.416 e. The molecule has 1 amide bonds. The van der Waals surface area contributed by atoms with Gasteiger partial charge in [-0.15, -0.1) is 0 Å². The molecule has 134 valence electrons. The minimum Gasteiger partial charge on any atom is -0.497 e. The Kier molecular flexibility index (Phi) is 5.56. The van der Waals surface area contributed by atoms with Crippen LogP contribution in [0.1, 0.15) is 34.5 Å². The molecule has 2 rings (SSSR count). The second-order valence-electron chi connectivity index (χ2n) is 5.42. The summed E-state index contributed by atoms with van der Waals surface area (Å²) in [4.78, 5) is 12.4. The maximum atomic E-state index is 12.6. The molecule has 0 fully saturated rings. The summed E-state index contributed by atoms with van der Waals surface area (Å²) in [6.45, 7) is 1.69. The third kappa shape index (κ3) is 4.65. The molecule has 1 N–H and O–H groups in total. The fraction of sp³-hybridized carbons (Fsp3) is 0.278. The molecule has 0 saturated heterocycles. The molecule has 2 aromatic rings. The SMILES string of the molecule is COc1cc(OC)cc(C(=O)NC(C)c2ccc(C(F)(F)F)cc2)c1. The highest BCUT2D eigenvalue weighted by Gasteiger charge is 2.30. The molecule has 0 aromatic heterocycles. The molecule has 0 heterocycles. The summed E-state index contributed by atoms with van der Waals surface area (Å²) < 4.78 is 48.0. The van der Waals surface area contributed by atoms with Gasteiger partial charge in [0.2, 0.25) is 0 Å². The van der Waals surface area contributed by atoms with Gasteiger partial charge in [0.25, 0.3) is 5.91 Å². The first kappa shape index (κ1) is 18.6. The van der Waals surface area contributed by atoms with Crippen molar-refractivity contribution in [2.75, 3.05) is 14.2 Å². The Morgan fingerprint density at radius 1 is 1.00 bits per heavy atom. The van der Waals surface area contributed by atoms with Gasteiger partial charge in [0.15, 0.2) is 0 Å². The molecule has 1 atom stereocenters. The van der Waals surface area contributed by atoms with E-state index in [4.69, 9.17) is 9.47 Å². The highest BCUT2D eigenvalue weighted by molar-refractivity contribution is 5.95. The Bertz CT molecular complexity index is 720. The highest BCUT2D eigenvalue weighted by Crippen LogP contribution is 2.30. The number of hydrogen-bond acceptors (Lipinski definition) is 3. The largest absolute Gasteiger partial charge is 0.497 e. The molecular formula is C18H18F3NO3. The number of carbonyl (C=O) groups excluding carboxylic acids is 1. The van der Waals surface area contributed by atoms with Crippen molar-refractivity contribution < 1.29 is 27.4 Å². The van der Waals surface area contributed by atoms with Gasteiger partial charge in [-0.05, 0) is 36.8 Å². The summed E-state index contributed by atoms with van der Waals surface area (Å²) in [6, 6.07) is 8.95. The first-order valence-corrected chi connectivity index (χ1v) is 7.45. The molecule has 0 aliphatic carbocycles. The Morgan fingerprint density at radius 3 is 1.96 bits per heavy atom. The summed E-state index contributed by atoms with van der Waals surface area (Å²) in [5.74, 6) is 0.544. The van der Waals surface area contributed by atoms with Gasteiger partial charge < -0.3 is 14.8 Å². The number of rotatable bonds is 5. The second-order valence-corrected chi connectivity index (χ2v) is 5.42. The Hall–Kier alpha value is -2.70. The lowest BCUT2D eigenvalue weighted by molar-refractivity contribution is -0.137. The Labute approximate surface area is 143 Å². The monoisotopic (exact) mass is 353 g/mol. The normalized spacial score (nSPS) is 12.4. The first-order chi connectivity index (χ1) is 11.7. The van der Waals surface area contributed by atoms with Crippen LogP contribution in [-0.2, 0) is 6.18 Å². The van der Waals surface area contributed by atoms with E-state index in [0.29, 0.717) is 22.6 Å². The number of hydrogen-bond donors (Lipinski definition) is 1. The van der Waals surface area contributed by atoms with E-state index in [0.717, 1.165) is 12.1 Å². The van der Waals surface area contributed by atoms with Crippen LogP contribution in [0.25, 0.3) is 0 Å². The number of alkyl halides is 3. The number of amides is 1. The van der Waals surface area contributed by atoms with Crippen LogP contribution in [0.4, 0.5) is 13.2 Å². The second kappa shape index (κ2) is 7.46. The maximum Gasteiger partial charge on any atom is 0.416 e. The maximum absolute atomic E-state index is 12.6. The molecule has 0 saturated carbocycles. The number of benzene rings is 2. The van der Waals surface area contributed by atoms with Gasteiger partial charge in [-0.3, -0.25) is 4.79 Å². The van der Waals surface area contributed by atoms with Gasteiger partial charge >= 0.3 is 6.18 Å². The van der Waals surface area contributed by atoms with Crippen LogP contribution in [-0.4, -0.2) is 20.1 Å². The van der Waals surface area contributed by atoms with E-state index >= 15 is 0 Å². The molecule has 0 aliphatic heterocycles. The van der Waals surface area contributed by atoms with Crippen molar-refractivity contribution in [2.45, 2.75) is 19.1 Å². The lowest BCUT2D eigenvalue weighted by Crippen LogP contribution is -2.26. The Balaban J connectivity index is 2.14. The van der Waals surface area contributed by atoms with Gasteiger partial charge in [0, 0.05) is 11.6 Å². The van der Waals surface area contributed by atoms with Crippen LogP contribution in [0.5, 0.6) is 11.5 Å². The van der Waals surface area contributed by atoms with Gasteiger partial charge in [0.05, 0.1) is 25.8 Å². The molecule has 0 bridgehead atoms. The highest BCUT2D eigenvalue weighted by atomic mass is 19.4. The van der Waals surface area contributed by atoms with E-state index < -0.39 is 17.8 Å². The molecule has 0 spiro atoms. The van der Waals surface area contributed by atoms with Crippen molar-refractivity contribution in [3.05, 3.63) is 59.2 Å². The van der Waals surface area contributed by atoms with E-state index in [1.165, 1.54) is 26.4 Å². The van der Waals surface area contributed by atoms with Gasteiger partial charge in [-0.2, -0.15) is 13.2 Å². The number of carbonyl (C=O) groups is 1. The standard InChI is InChI=1S/C18H18F3NO3/c1-11(12-4-6-14(7-5-12)18(19,20)21)22-17(23)13-8-15(24-2)10-16(9-13)25-3/h4-11H,1-3H3,(H,22,23). The van der Waals surface area contributed by atoms with Crippen LogP contribution in [0.3, 0.4) is 0 Å². The fourth-order valence-electron chi connectivity index (χ4n) is 2.26. The molecular weight excluding hydrogens is 335 g/mol. The third-order valence-corrected chi connectivity index (χ3v) is 3.70. The van der Waals surface area contributed by atoms with Gasteiger partial charge in [0.1, 0.15) is 11.5 Å². The fourth-order valence-corrected chi connectivity index (χ4v) is 2.26. The molecule has 2 aromatic carbocycles. The molecule has 4 nitrogen and oxygen atoms in total. The van der Waals surface area contributed by atoms with Crippen LogP contribution in [0.15, 0.2) is 42.5 Å². The summed E-state index contributed by atoms with van der Waals surface area (Å²) in [6.07, 6.45) is -4.39. The molecule has 25 heavy (non-hydrogen) atoms. The zero-order chi connectivity index (χ0) is 18.6. The van der Waals surface area contributed by atoms with E-state index in [9.17, 15) is 18.0 Å². The molecule has 0 radical (unpaired) electrons. The van der Waals surface area contributed by atoms with Gasteiger partial charge in [-0.25, -0.2) is 0 Å². The van der Waals surface area contributed by atoms with Crippen molar-refractivity contribution in [3.8, 4) is 11.5 Å². The van der Waals surface area contributed by atoms with Gasteiger partial charge in [-0.1, -0.05) is 12.1 Å². The zero-order valence-electron chi connectivity index (χ0n) is 14.0. The van der Waals surface area contributed by atoms with E-state index in [-0.39, 0.29) is 5.91 Å². The van der Waals surface area contributed by atoms with E-state index in [1.54, 1.807) is 25.1 Å². The first-order valence-electron chi connectivity index (χ1n) is 7.45. The Morgan fingerprint density at radius 2 is 1.52 bits per heavy atom. The van der Waals surface area contributed by atoms with Crippen molar-refractivity contribution in [1.82, 2.24) is 5.32 Å². The van der Waals surface area contributed by atoms with Crippen molar-refractivity contribution in [3.63, 3.8) is 0 Å². The van der Waals surface area contributed by atoms with Crippen molar-refractivity contribution in [2.24, 2.45) is 0 Å². The van der Waals surface area contributed by atoms with Crippen molar-refractivity contribution in [1.29, 1.82) is 0 Å². The molecule has 1 unspecified atom stereocenters. The predicted molar refractivity (Wildman–Crippen MR) is 86.9 cm³/mol. The lowest BCUT2D eigenvalue weighted by Gasteiger charge is -2.16. The average Bonchev–Trinajstić information content (AvgIpc) is 2.60. The quantitative estimate of drug-likeness (QED) is 0.876. The summed E-state index contributed by atoms with van der Waals surface area (Å²) in [7, 11) is 2.95. The molecule has 7 heteroatoms. The predicted octanol–water partition coefficient (Wildman–Crippen LogP) is 4.21. The topological polar surface area (TPSA) is 47.6 Å². The number of nitrogens with one attached hydrogen (secondary N) is 1. The number of ether oxygens (including phenoxy) is 2. The van der Waals surface area contributed by atoms with Crippen LogP contribution in [0.2, 0.25) is 0 Å². The summed E-state index contributed by atoms with van der Waals surface area (Å²) in [5, 5.41) is 2.74. The van der Waals surface area contributed by atoms with Crippen LogP contribution >= 0.6 is 0 Å². The summed E-state index contributed by atoms with van der Waals surface area (Å²) >= 11 is 0. The zero-order valence-corrected chi connectivity index (χ0v) is 14.0. The minimum absolute atomic E-state index is 0.329. The van der Waals surface area contributed by atoms with E-state index in [1.807, 2.05) is 0 Å². The number of halogens is 3.